The summed E-state index contributed by atoms with van der Waals surface area (Å²) in [4.78, 5) is 38.4. The minimum absolute atomic E-state index is 0.0371. The molecule has 8 heteroatoms. The average molecular weight is 461 g/mol. The Kier molecular flexibility index (Phi) is 3.88. The normalized spacial score (nSPS) is 57.8. The van der Waals surface area contributed by atoms with Gasteiger partial charge >= 0.3 is 11.9 Å². The fourth-order valence-electron chi connectivity index (χ4n) is 8.24. The van der Waals surface area contributed by atoms with E-state index in [1.807, 2.05) is 27.7 Å². The SMILES string of the molecule is C[C@H]1CC[C@H]2C(C)(C)OC(=O)C=C[C@]2(C=O)[C@]12C[C@]1(C)[C@@H](C)[C@H]3C(=O)O[C@@]4(C)O[C@@]1(O[C@@H]34)O2. The summed E-state index contributed by atoms with van der Waals surface area (Å²) >= 11 is 0. The van der Waals surface area contributed by atoms with Gasteiger partial charge in [0.2, 0.25) is 5.79 Å². The summed E-state index contributed by atoms with van der Waals surface area (Å²) in [5, 5.41) is 0. The highest BCUT2D eigenvalue weighted by Crippen LogP contribution is 2.74. The summed E-state index contributed by atoms with van der Waals surface area (Å²) < 4.78 is 31.3. The zero-order valence-electron chi connectivity index (χ0n) is 20.0. The molecule has 8 nitrogen and oxygen atoms in total. The van der Waals surface area contributed by atoms with Crippen LogP contribution in [0.1, 0.15) is 60.8 Å². The lowest BCUT2D eigenvalue weighted by Crippen LogP contribution is -2.64. The van der Waals surface area contributed by atoms with Gasteiger partial charge in [0.25, 0.3) is 5.97 Å². The van der Waals surface area contributed by atoms with Gasteiger partial charge in [0.1, 0.15) is 18.0 Å². The first kappa shape index (κ1) is 21.7. The first-order valence-corrected chi connectivity index (χ1v) is 12.0. The fourth-order valence-corrected chi connectivity index (χ4v) is 8.24. The molecule has 180 valence electrons. The monoisotopic (exact) mass is 460 g/mol. The second-order valence-corrected chi connectivity index (χ2v) is 12.0. The lowest BCUT2D eigenvalue weighted by Gasteiger charge is -2.57. The minimum atomic E-state index is -1.45. The number of carbonyl (C=O) groups excluding carboxylic acids is 3. The molecule has 1 saturated carbocycles. The van der Waals surface area contributed by atoms with Gasteiger partial charge in [-0.3, -0.25) is 9.53 Å². The first-order valence-electron chi connectivity index (χ1n) is 12.0. The molecule has 2 bridgehead atoms. The number of esters is 2. The molecule has 0 aromatic carbocycles. The molecular weight excluding hydrogens is 428 g/mol. The maximum absolute atomic E-state index is 13.2. The smallest absolute Gasteiger partial charge is 0.330 e. The van der Waals surface area contributed by atoms with Gasteiger partial charge in [-0.2, -0.15) is 0 Å². The van der Waals surface area contributed by atoms with E-state index in [1.54, 1.807) is 13.0 Å². The first-order chi connectivity index (χ1) is 15.3. The van der Waals surface area contributed by atoms with Crippen molar-refractivity contribution in [1.29, 1.82) is 0 Å². The van der Waals surface area contributed by atoms with E-state index < -0.39 is 51.8 Å². The molecule has 2 spiro atoms. The fraction of sp³-hybridized carbons (Fsp3) is 0.800. The van der Waals surface area contributed by atoms with E-state index in [0.29, 0.717) is 12.8 Å². The molecule has 5 heterocycles. The molecule has 5 fully saturated rings. The maximum Gasteiger partial charge on any atom is 0.330 e. The van der Waals surface area contributed by atoms with Crippen LogP contribution < -0.4 is 0 Å². The number of hydrogen-bond acceptors (Lipinski definition) is 8. The molecule has 0 radical (unpaired) electrons. The Bertz CT molecular complexity index is 1000. The van der Waals surface area contributed by atoms with Crippen molar-refractivity contribution in [3.8, 4) is 0 Å². The van der Waals surface area contributed by atoms with E-state index in [1.165, 1.54) is 6.08 Å². The molecule has 0 unspecified atom stereocenters. The van der Waals surface area contributed by atoms with Crippen molar-refractivity contribution in [2.24, 2.45) is 34.5 Å². The van der Waals surface area contributed by atoms with E-state index >= 15 is 0 Å². The Morgan fingerprint density at radius 3 is 2.45 bits per heavy atom. The molecule has 5 aliphatic heterocycles. The Hall–Kier alpha value is -1.77. The van der Waals surface area contributed by atoms with Crippen LogP contribution in [0.4, 0.5) is 0 Å². The van der Waals surface area contributed by atoms with Gasteiger partial charge in [-0.15, -0.1) is 0 Å². The molecule has 0 aromatic heterocycles. The number of hydrogen-bond donors (Lipinski definition) is 0. The van der Waals surface area contributed by atoms with Crippen molar-refractivity contribution in [2.45, 2.75) is 89.9 Å². The maximum atomic E-state index is 13.2. The van der Waals surface area contributed by atoms with Gasteiger partial charge in [0, 0.05) is 18.9 Å². The van der Waals surface area contributed by atoms with Gasteiger partial charge in [0.05, 0.1) is 22.3 Å². The van der Waals surface area contributed by atoms with Crippen LogP contribution in [0.2, 0.25) is 0 Å². The van der Waals surface area contributed by atoms with Crippen LogP contribution in [0, 0.1) is 34.5 Å². The second-order valence-electron chi connectivity index (χ2n) is 12.0. The van der Waals surface area contributed by atoms with E-state index in [9.17, 15) is 14.4 Å². The van der Waals surface area contributed by atoms with Crippen LogP contribution in [0.3, 0.4) is 0 Å². The predicted octanol–water partition coefficient (Wildman–Crippen LogP) is 2.88. The molecule has 10 atom stereocenters. The summed E-state index contributed by atoms with van der Waals surface area (Å²) in [6.45, 7) is 11.6. The number of fused-ring (bicyclic) bond motifs is 2. The van der Waals surface area contributed by atoms with Crippen molar-refractivity contribution in [2.75, 3.05) is 0 Å². The van der Waals surface area contributed by atoms with Crippen LogP contribution in [-0.4, -0.2) is 47.3 Å². The number of ether oxygens (including phenoxy) is 5. The third-order valence-electron chi connectivity index (χ3n) is 10.1. The van der Waals surface area contributed by atoms with Crippen LogP contribution in [-0.2, 0) is 38.1 Å². The standard InChI is InChI=1S/C25H32O8/c1-13-7-8-15-20(3,4)29-16(27)9-10-23(15,12-26)24(13)11-21(5)14(2)17-18-22(6,31-19(17)28)32-25(21,30-18)33-24/h9-10,12-15,17-18H,7-8,11H2,1-6H3/t13-,14-,15-,17+,18-,21+,22-,23+,24-,25+/m0/s1. The molecule has 33 heavy (non-hydrogen) atoms. The van der Waals surface area contributed by atoms with Gasteiger partial charge in [0.15, 0.2) is 0 Å². The Labute approximate surface area is 193 Å². The number of carbonyl (C=O) groups is 3. The minimum Gasteiger partial charge on any atom is -0.456 e. The quantitative estimate of drug-likeness (QED) is 0.435. The van der Waals surface area contributed by atoms with Gasteiger partial charge in [-0.25, -0.2) is 4.79 Å². The van der Waals surface area contributed by atoms with E-state index in [2.05, 4.69) is 6.92 Å². The van der Waals surface area contributed by atoms with E-state index in [-0.39, 0.29) is 23.7 Å². The van der Waals surface area contributed by atoms with Crippen LogP contribution in [0.5, 0.6) is 0 Å². The predicted molar refractivity (Wildman–Crippen MR) is 112 cm³/mol. The summed E-state index contributed by atoms with van der Waals surface area (Å²) in [7, 11) is 0. The third kappa shape index (κ3) is 2.18. The van der Waals surface area contributed by atoms with Crippen molar-refractivity contribution < 1.29 is 38.1 Å². The highest BCUT2D eigenvalue weighted by atomic mass is 17.0. The zero-order valence-corrected chi connectivity index (χ0v) is 20.0. The average Bonchev–Trinajstić information content (AvgIpc) is 3.19. The molecular formula is C25H32O8. The molecule has 4 saturated heterocycles. The summed E-state index contributed by atoms with van der Waals surface area (Å²) in [5.41, 5.74) is -3.74. The molecule has 6 aliphatic rings. The Morgan fingerprint density at radius 2 is 1.76 bits per heavy atom. The number of cyclic esters (lactones) is 1. The third-order valence-corrected chi connectivity index (χ3v) is 10.1. The molecule has 0 amide bonds. The molecule has 6 rings (SSSR count). The highest BCUT2D eigenvalue weighted by Gasteiger charge is 2.85. The van der Waals surface area contributed by atoms with Crippen molar-refractivity contribution in [3.63, 3.8) is 0 Å². The van der Waals surface area contributed by atoms with E-state index in [0.717, 1.165) is 12.7 Å². The summed E-state index contributed by atoms with van der Waals surface area (Å²) in [5.74, 6) is -4.44. The van der Waals surface area contributed by atoms with Crippen LogP contribution >= 0.6 is 0 Å². The summed E-state index contributed by atoms with van der Waals surface area (Å²) in [6.07, 6.45) is 5.37. The largest absolute Gasteiger partial charge is 0.456 e. The topological polar surface area (TPSA) is 97.4 Å². The van der Waals surface area contributed by atoms with Crippen molar-refractivity contribution >= 4 is 18.2 Å². The molecule has 0 aromatic rings. The van der Waals surface area contributed by atoms with Crippen LogP contribution in [0.25, 0.3) is 0 Å². The van der Waals surface area contributed by atoms with E-state index in [4.69, 9.17) is 23.7 Å². The summed E-state index contributed by atoms with van der Waals surface area (Å²) in [6, 6.07) is 0. The van der Waals surface area contributed by atoms with Gasteiger partial charge in [-0.05, 0) is 44.9 Å². The van der Waals surface area contributed by atoms with Crippen LogP contribution in [0.15, 0.2) is 12.2 Å². The molecule has 1 aliphatic carbocycles. The number of rotatable bonds is 1. The Balaban J connectivity index is 1.57. The lowest BCUT2D eigenvalue weighted by atomic mass is 9.48. The second kappa shape index (κ2) is 5.89. The van der Waals surface area contributed by atoms with Crippen molar-refractivity contribution in [3.05, 3.63) is 12.2 Å². The number of aldehydes is 1. The zero-order chi connectivity index (χ0) is 23.8. The van der Waals surface area contributed by atoms with Gasteiger partial charge < -0.3 is 23.7 Å². The highest BCUT2D eigenvalue weighted by molar-refractivity contribution is 5.85. The molecule has 0 N–H and O–H groups in total. The van der Waals surface area contributed by atoms with Gasteiger partial charge in [-0.1, -0.05) is 26.8 Å². The lowest BCUT2D eigenvalue weighted by molar-refractivity contribution is -0.429. The van der Waals surface area contributed by atoms with Crippen molar-refractivity contribution in [1.82, 2.24) is 0 Å². The Morgan fingerprint density at radius 1 is 1.03 bits per heavy atom.